The lowest BCUT2D eigenvalue weighted by molar-refractivity contribution is 0.0860. The Balaban J connectivity index is 2.76. The molecule has 1 rings (SSSR count). The minimum Gasteiger partial charge on any atom is -0.491 e. The van der Waals surface area contributed by atoms with Gasteiger partial charge in [0, 0.05) is 12.1 Å². The molecule has 0 bridgehead atoms. The molecule has 108 valence electrons. The SMILES string of the molecule is CCC(CO)(CO)NCc1ccccc1OC(C)C. The Labute approximate surface area is 115 Å². The van der Waals surface area contributed by atoms with Crippen molar-refractivity contribution < 1.29 is 14.9 Å². The van der Waals surface area contributed by atoms with Crippen molar-refractivity contribution in [2.45, 2.75) is 45.4 Å². The van der Waals surface area contributed by atoms with Gasteiger partial charge in [0.25, 0.3) is 0 Å². The maximum Gasteiger partial charge on any atom is 0.124 e. The summed E-state index contributed by atoms with van der Waals surface area (Å²) in [5.41, 5.74) is 0.390. The lowest BCUT2D eigenvalue weighted by Crippen LogP contribution is -2.50. The molecule has 0 aromatic heterocycles. The van der Waals surface area contributed by atoms with Crippen molar-refractivity contribution in [3.8, 4) is 5.75 Å². The highest BCUT2D eigenvalue weighted by molar-refractivity contribution is 5.33. The Morgan fingerprint density at radius 1 is 1.21 bits per heavy atom. The number of aliphatic hydroxyl groups is 2. The Morgan fingerprint density at radius 2 is 1.84 bits per heavy atom. The summed E-state index contributed by atoms with van der Waals surface area (Å²) in [6, 6.07) is 7.81. The highest BCUT2D eigenvalue weighted by Gasteiger charge is 2.25. The van der Waals surface area contributed by atoms with E-state index in [0.717, 1.165) is 11.3 Å². The van der Waals surface area contributed by atoms with Crippen molar-refractivity contribution in [2.75, 3.05) is 13.2 Å². The van der Waals surface area contributed by atoms with Gasteiger partial charge in [-0.15, -0.1) is 0 Å². The Hall–Kier alpha value is -1.10. The quantitative estimate of drug-likeness (QED) is 0.671. The van der Waals surface area contributed by atoms with E-state index in [-0.39, 0.29) is 19.3 Å². The van der Waals surface area contributed by atoms with Crippen LogP contribution in [0.1, 0.15) is 32.8 Å². The number of aliphatic hydroxyl groups excluding tert-OH is 2. The highest BCUT2D eigenvalue weighted by Crippen LogP contribution is 2.20. The maximum atomic E-state index is 9.42. The van der Waals surface area contributed by atoms with Gasteiger partial charge in [-0.2, -0.15) is 0 Å². The highest BCUT2D eigenvalue weighted by atomic mass is 16.5. The Morgan fingerprint density at radius 3 is 2.37 bits per heavy atom. The molecule has 0 aliphatic heterocycles. The van der Waals surface area contributed by atoms with Gasteiger partial charge in [-0.3, -0.25) is 0 Å². The number of rotatable bonds is 8. The molecule has 4 nitrogen and oxygen atoms in total. The predicted octanol–water partition coefficient (Wildman–Crippen LogP) is 1.70. The molecule has 0 radical (unpaired) electrons. The van der Waals surface area contributed by atoms with E-state index >= 15 is 0 Å². The van der Waals surface area contributed by atoms with E-state index in [1.165, 1.54) is 0 Å². The molecule has 19 heavy (non-hydrogen) atoms. The second-order valence-electron chi connectivity index (χ2n) is 5.08. The van der Waals surface area contributed by atoms with Crippen molar-refractivity contribution in [2.24, 2.45) is 0 Å². The molecule has 1 aromatic rings. The Bertz CT molecular complexity index is 367. The summed E-state index contributed by atoms with van der Waals surface area (Å²) in [6.45, 7) is 6.29. The average Bonchev–Trinajstić information content (AvgIpc) is 2.42. The molecule has 0 saturated carbocycles. The lowest BCUT2D eigenvalue weighted by Gasteiger charge is -2.30. The summed E-state index contributed by atoms with van der Waals surface area (Å²) in [7, 11) is 0. The van der Waals surface area contributed by atoms with E-state index in [1.54, 1.807) is 0 Å². The van der Waals surface area contributed by atoms with Gasteiger partial charge in [-0.1, -0.05) is 25.1 Å². The summed E-state index contributed by atoms with van der Waals surface area (Å²) in [6.07, 6.45) is 0.778. The first-order chi connectivity index (χ1) is 9.06. The fraction of sp³-hybridized carbons (Fsp3) is 0.600. The third-order valence-electron chi connectivity index (χ3n) is 3.27. The van der Waals surface area contributed by atoms with Gasteiger partial charge in [0.15, 0.2) is 0 Å². The van der Waals surface area contributed by atoms with E-state index in [4.69, 9.17) is 4.74 Å². The van der Waals surface area contributed by atoms with Crippen LogP contribution in [0.3, 0.4) is 0 Å². The number of nitrogens with one attached hydrogen (secondary N) is 1. The van der Waals surface area contributed by atoms with Crippen LogP contribution in [0, 0.1) is 0 Å². The minimum absolute atomic E-state index is 0.0901. The van der Waals surface area contributed by atoms with E-state index < -0.39 is 5.54 Å². The minimum atomic E-state index is -0.634. The average molecular weight is 267 g/mol. The van der Waals surface area contributed by atoms with Gasteiger partial charge in [0.2, 0.25) is 0 Å². The fourth-order valence-corrected chi connectivity index (χ4v) is 1.81. The van der Waals surface area contributed by atoms with Crippen LogP contribution in [-0.2, 0) is 6.54 Å². The zero-order valence-electron chi connectivity index (χ0n) is 12.0. The van der Waals surface area contributed by atoms with E-state index in [0.29, 0.717) is 13.0 Å². The zero-order chi connectivity index (χ0) is 14.3. The van der Waals surface area contributed by atoms with Crippen LogP contribution >= 0.6 is 0 Å². The van der Waals surface area contributed by atoms with E-state index in [1.807, 2.05) is 45.0 Å². The molecule has 0 spiro atoms. The van der Waals surface area contributed by atoms with Crippen molar-refractivity contribution in [3.63, 3.8) is 0 Å². The topological polar surface area (TPSA) is 61.7 Å². The lowest BCUT2D eigenvalue weighted by atomic mass is 9.98. The van der Waals surface area contributed by atoms with Crippen LogP contribution in [0.25, 0.3) is 0 Å². The molecular formula is C15H25NO3. The van der Waals surface area contributed by atoms with Gasteiger partial charge >= 0.3 is 0 Å². The second kappa shape index (κ2) is 7.48. The molecule has 0 unspecified atom stereocenters. The molecule has 0 saturated heterocycles. The summed E-state index contributed by atoms with van der Waals surface area (Å²) >= 11 is 0. The van der Waals surface area contributed by atoms with Crippen molar-refractivity contribution in [1.82, 2.24) is 5.32 Å². The standard InChI is InChI=1S/C15H25NO3/c1-4-15(10-17,11-18)16-9-13-7-5-6-8-14(13)19-12(2)3/h5-8,12,16-18H,4,9-11H2,1-3H3. The van der Waals surface area contributed by atoms with Crippen molar-refractivity contribution >= 4 is 0 Å². The number of para-hydroxylation sites is 1. The van der Waals surface area contributed by atoms with Crippen LogP contribution in [0.5, 0.6) is 5.75 Å². The summed E-state index contributed by atoms with van der Waals surface area (Å²) in [4.78, 5) is 0. The first-order valence-corrected chi connectivity index (χ1v) is 6.78. The van der Waals surface area contributed by atoms with E-state index in [9.17, 15) is 10.2 Å². The molecule has 0 atom stereocenters. The monoisotopic (exact) mass is 267 g/mol. The van der Waals surface area contributed by atoms with Gasteiger partial charge in [0.1, 0.15) is 5.75 Å². The van der Waals surface area contributed by atoms with Gasteiger partial charge in [-0.25, -0.2) is 0 Å². The third-order valence-corrected chi connectivity index (χ3v) is 3.27. The van der Waals surface area contributed by atoms with Crippen molar-refractivity contribution in [1.29, 1.82) is 0 Å². The van der Waals surface area contributed by atoms with Crippen LogP contribution < -0.4 is 10.1 Å². The van der Waals surface area contributed by atoms with Crippen LogP contribution in [-0.4, -0.2) is 35.1 Å². The normalized spacial score (nSPS) is 11.9. The molecule has 0 aliphatic carbocycles. The summed E-state index contributed by atoms with van der Waals surface area (Å²) in [5.74, 6) is 0.839. The first-order valence-electron chi connectivity index (χ1n) is 6.78. The smallest absolute Gasteiger partial charge is 0.124 e. The molecule has 4 heteroatoms. The van der Waals surface area contributed by atoms with Gasteiger partial charge in [-0.05, 0) is 26.3 Å². The number of ether oxygens (including phenoxy) is 1. The summed E-state index contributed by atoms with van der Waals surface area (Å²) < 4.78 is 5.75. The zero-order valence-corrected chi connectivity index (χ0v) is 12.0. The van der Waals surface area contributed by atoms with Crippen molar-refractivity contribution in [3.05, 3.63) is 29.8 Å². The molecule has 0 amide bonds. The number of benzene rings is 1. The van der Waals surface area contributed by atoms with E-state index in [2.05, 4.69) is 5.32 Å². The maximum absolute atomic E-state index is 9.42. The molecular weight excluding hydrogens is 242 g/mol. The molecule has 1 aromatic carbocycles. The second-order valence-corrected chi connectivity index (χ2v) is 5.08. The number of hydrogen-bond acceptors (Lipinski definition) is 4. The molecule has 3 N–H and O–H groups in total. The van der Waals surface area contributed by atoms with Gasteiger partial charge in [0.05, 0.1) is 24.9 Å². The largest absolute Gasteiger partial charge is 0.491 e. The molecule has 0 fully saturated rings. The first kappa shape index (κ1) is 16.0. The third kappa shape index (κ3) is 4.49. The Kier molecular flexibility index (Phi) is 6.28. The van der Waals surface area contributed by atoms with Crippen LogP contribution in [0.2, 0.25) is 0 Å². The van der Waals surface area contributed by atoms with Crippen LogP contribution in [0.15, 0.2) is 24.3 Å². The number of hydrogen-bond donors (Lipinski definition) is 3. The summed E-state index contributed by atoms with van der Waals surface area (Å²) in [5, 5.41) is 22.1. The van der Waals surface area contributed by atoms with Crippen LogP contribution in [0.4, 0.5) is 0 Å². The fourth-order valence-electron chi connectivity index (χ4n) is 1.81. The molecule has 0 aliphatic rings. The predicted molar refractivity (Wildman–Crippen MR) is 76.2 cm³/mol. The van der Waals surface area contributed by atoms with Gasteiger partial charge < -0.3 is 20.3 Å². The molecule has 0 heterocycles.